The predicted molar refractivity (Wildman–Crippen MR) is 110 cm³/mol. The van der Waals surface area contributed by atoms with Crippen LogP contribution < -0.4 is 11.2 Å². The molecule has 8 heteroatoms. The summed E-state index contributed by atoms with van der Waals surface area (Å²) in [4.78, 5) is 18.0. The van der Waals surface area contributed by atoms with Crippen LogP contribution >= 0.6 is 0 Å². The van der Waals surface area contributed by atoms with E-state index in [4.69, 9.17) is 14.0 Å². The van der Waals surface area contributed by atoms with E-state index < -0.39 is 7.12 Å². The van der Waals surface area contributed by atoms with Crippen molar-refractivity contribution < 1.29 is 14.0 Å². The fourth-order valence-electron chi connectivity index (χ4n) is 3.89. The summed E-state index contributed by atoms with van der Waals surface area (Å²) < 4.78 is 19.5. The SMILES string of the molecule is CC(Cn1c(=O)[nH]c2cc(B3OC(C)(C)C(C)(C)O3)ccc21)N1CCOCC1. The second-order valence-corrected chi connectivity index (χ2v) is 8.90. The third kappa shape index (κ3) is 3.43. The van der Waals surface area contributed by atoms with E-state index in [1.807, 2.05) is 50.5 Å². The highest BCUT2D eigenvalue weighted by Gasteiger charge is 2.51. The number of hydrogen-bond acceptors (Lipinski definition) is 5. The Kier molecular flexibility index (Phi) is 4.94. The van der Waals surface area contributed by atoms with E-state index in [0.717, 1.165) is 42.8 Å². The van der Waals surface area contributed by atoms with Gasteiger partial charge in [0, 0.05) is 25.7 Å². The summed E-state index contributed by atoms with van der Waals surface area (Å²) >= 11 is 0. The summed E-state index contributed by atoms with van der Waals surface area (Å²) in [6.45, 7) is 14.3. The van der Waals surface area contributed by atoms with Crippen LogP contribution in [0.2, 0.25) is 0 Å². The average molecular weight is 387 g/mol. The minimum atomic E-state index is -0.437. The summed E-state index contributed by atoms with van der Waals surface area (Å²) in [5.41, 5.74) is 1.78. The first-order chi connectivity index (χ1) is 13.2. The Bertz CT molecular complexity index is 898. The fraction of sp³-hybridized carbons (Fsp3) is 0.650. The quantitative estimate of drug-likeness (QED) is 0.803. The molecule has 152 valence electrons. The van der Waals surface area contributed by atoms with Crippen LogP contribution in [0.15, 0.2) is 23.0 Å². The summed E-state index contributed by atoms with van der Waals surface area (Å²) in [5.74, 6) is 0. The van der Waals surface area contributed by atoms with E-state index in [1.54, 1.807) is 0 Å². The molecule has 1 unspecified atom stereocenters. The van der Waals surface area contributed by atoms with E-state index in [9.17, 15) is 4.79 Å². The van der Waals surface area contributed by atoms with Crippen LogP contribution in [0.25, 0.3) is 11.0 Å². The Labute approximate surface area is 166 Å². The molecular weight excluding hydrogens is 357 g/mol. The molecule has 2 fully saturated rings. The van der Waals surface area contributed by atoms with Crippen molar-refractivity contribution in [1.29, 1.82) is 0 Å². The number of imidazole rings is 1. The number of ether oxygens (including phenoxy) is 1. The molecule has 3 heterocycles. The molecule has 1 atom stereocenters. The number of hydrogen-bond donors (Lipinski definition) is 1. The molecule has 0 amide bonds. The van der Waals surface area contributed by atoms with Crippen LogP contribution in [0.1, 0.15) is 34.6 Å². The first kappa shape index (κ1) is 19.7. The van der Waals surface area contributed by atoms with Gasteiger partial charge >= 0.3 is 12.8 Å². The monoisotopic (exact) mass is 387 g/mol. The van der Waals surface area contributed by atoms with E-state index >= 15 is 0 Å². The van der Waals surface area contributed by atoms with Gasteiger partial charge in [-0.15, -0.1) is 0 Å². The minimum absolute atomic E-state index is 0.0822. The van der Waals surface area contributed by atoms with E-state index in [2.05, 4.69) is 16.8 Å². The van der Waals surface area contributed by atoms with Crippen molar-refractivity contribution in [3.05, 3.63) is 28.7 Å². The lowest BCUT2D eigenvalue weighted by molar-refractivity contribution is 0.00578. The van der Waals surface area contributed by atoms with Crippen LogP contribution in [0.5, 0.6) is 0 Å². The smallest absolute Gasteiger partial charge is 0.399 e. The number of aromatic amines is 1. The van der Waals surface area contributed by atoms with Gasteiger partial charge in [0.05, 0.1) is 35.4 Å². The average Bonchev–Trinajstić information content (AvgIpc) is 3.07. The Morgan fingerprint density at radius 1 is 1.14 bits per heavy atom. The van der Waals surface area contributed by atoms with Gasteiger partial charge in [0.15, 0.2) is 0 Å². The molecule has 1 N–H and O–H groups in total. The van der Waals surface area contributed by atoms with Gasteiger partial charge in [0.1, 0.15) is 0 Å². The highest BCUT2D eigenvalue weighted by molar-refractivity contribution is 6.62. The normalized spacial score (nSPS) is 23.4. The highest BCUT2D eigenvalue weighted by atomic mass is 16.7. The summed E-state index contributed by atoms with van der Waals surface area (Å²) in [7, 11) is -0.437. The van der Waals surface area contributed by atoms with Crippen molar-refractivity contribution in [3.63, 3.8) is 0 Å². The molecule has 7 nitrogen and oxygen atoms in total. The summed E-state index contributed by atoms with van der Waals surface area (Å²) in [6, 6.07) is 6.21. The topological polar surface area (TPSA) is 68.7 Å². The molecule has 1 aromatic carbocycles. The van der Waals surface area contributed by atoms with Crippen molar-refractivity contribution in [2.75, 3.05) is 26.3 Å². The molecule has 2 aliphatic rings. The number of H-pyrrole nitrogens is 1. The van der Waals surface area contributed by atoms with Crippen molar-refractivity contribution in [1.82, 2.24) is 14.5 Å². The number of morpholine rings is 1. The van der Waals surface area contributed by atoms with Gasteiger partial charge in [-0.3, -0.25) is 9.47 Å². The standard InChI is InChI=1S/C20H30BN3O4/c1-14(23-8-10-26-11-9-23)13-24-17-7-6-15(12-16(17)22-18(24)25)21-27-19(2,3)20(4,5)28-21/h6-7,12,14H,8-11,13H2,1-5H3,(H,22,25). The van der Waals surface area contributed by atoms with Crippen molar-refractivity contribution in [2.45, 2.75) is 58.4 Å². The van der Waals surface area contributed by atoms with Gasteiger partial charge < -0.3 is 19.0 Å². The molecule has 2 aliphatic heterocycles. The van der Waals surface area contributed by atoms with Gasteiger partial charge in [-0.05, 0) is 52.2 Å². The molecule has 1 aromatic heterocycles. The molecule has 2 saturated heterocycles. The van der Waals surface area contributed by atoms with Crippen LogP contribution in [0, 0.1) is 0 Å². The number of rotatable bonds is 4. The van der Waals surface area contributed by atoms with Crippen LogP contribution in [-0.4, -0.2) is 65.1 Å². The second-order valence-electron chi connectivity index (χ2n) is 8.90. The zero-order chi connectivity index (χ0) is 20.1. The van der Waals surface area contributed by atoms with Gasteiger partial charge in [-0.1, -0.05) is 6.07 Å². The summed E-state index contributed by atoms with van der Waals surface area (Å²) in [6.07, 6.45) is 0. The van der Waals surface area contributed by atoms with Crippen LogP contribution in [0.4, 0.5) is 0 Å². The molecule has 0 bridgehead atoms. The zero-order valence-corrected chi connectivity index (χ0v) is 17.4. The summed E-state index contributed by atoms with van der Waals surface area (Å²) in [5, 5.41) is 0. The Morgan fingerprint density at radius 3 is 2.43 bits per heavy atom. The van der Waals surface area contributed by atoms with Gasteiger partial charge in [0.25, 0.3) is 0 Å². The molecule has 0 spiro atoms. The minimum Gasteiger partial charge on any atom is -0.399 e. The number of nitrogens with zero attached hydrogens (tertiary/aromatic N) is 2. The fourth-order valence-corrected chi connectivity index (χ4v) is 3.89. The van der Waals surface area contributed by atoms with Crippen molar-refractivity contribution in [2.24, 2.45) is 0 Å². The van der Waals surface area contributed by atoms with E-state index in [-0.39, 0.29) is 22.9 Å². The first-order valence-corrected chi connectivity index (χ1v) is 10.1. The number of nitrogens with one attached hydrogen (secondary N) is 1. The largest absolute Gasteiger partial charge is 0.494 e. The Morgan fingerprint density at radius 2 is 1.79 bits per heavy atom. The maximum Gasteiger partial charge on any atom is 0.494 e. The van der Waals surface area contributed by atoms with E-state index in [1.165, 1.54) is 0 Å². The molecule has 0 aliphatic carbocycles. The molecular formula is C20H30BN3O4. The number of fused-ring (bicyclic) bond motifs is 1. The highest BCUT2D eigenvalue weighted by Crippen LogP contribution is 2.36. The van der Waals surface area contributed by atoms with Gasteiger partial charge in [-0.2, -0.15) is 0 Å². The molecule has 0 saturated carbocycles. The Balaban J connectivity index is 1.58. The molecule has 4 rings (SSSR count). The maximum atomic E-state index is 12.6. The lowest BCUT2D eigenvalue weighted by Crippen LogP contribution is -2.44. The van der Waals surface area contributed by atoms with E-state index in [0.29, 0.717) is 6.54 Å². The third-order valence-electron chi connectivity index (χ3n) is 6.44. The third-order valence-corrected chi connectivity index (χ3v) is 6.44. The molecule has 0 radical (unpaired) electrons. The van der Waals surface area contributed by atoms with Crippen LogP contribution in [0.3, 0.4) is 0 Å². The van der Waals surface area contributed by atoms with Gasteiger partial charge in [0.2, 0.25) is 0 Å². The second kappa shape index (κ2) is 7.02. The lowest BCUT2D eigenvalue weighted by Gasteiger charge is -2.32. The molecule has 28 heavy (non-hydrogen) atoms. The van der Waals surface area contributed by atoms with Crippen molar-refractivity contribution in [3.8, 4) is 0 Å². The first-order valence-electron chi connectivity index (χ1n) is 10.1. The van der Waals surface area contributed by atoms with Gasteiger partial charge in [-0.25, -0.2) is 4.79 Å². The predicted octanol–water partition coefficient (Wildman–Crippen LogP) is 1.35. The lowest BCUT2D eigenvalue weighted by atomic mass is 9.79. The van der Waals surface area contributed by atoms with Crippen molar-refractivity contribution >= 4 is 23.6 Å². The Hall–Kier alpha value is -1.61. The number of benzene rings is 1. The zero-order valence-electron chi connectivity index (χ0n) is 17.4. The number of aromatic nitrogens is 2. The molecule has 2 aromatic rings. The maximum absolute atomic E-state index is 12.6. The van der Waals surface area contributed by atoms with Crippen LogP contribution in [-0.2, 0) is 20.6 Å².